The Balaban J connectivity index is 1.99. The molecule has 3 aromatic carbocycles. The van der Waals surface area contributed by atoms with Gasteiger partial charge in [0.2, 0.25) is 15.0 Å². The predicted molar refractivity (Wildman–Crippen MR) is 107 cm³/mol. The van der Waals surface area contributed by atoms with Crippen molar-refractivity contribution >= 4 is 36.6 Å². The molecule has 0 N–H and O–H groups in total. The van der Waals surface area contributed by atoms with Crippen LogP contribution in [0.2, 0.25) is 13.1 Å². The summed E-state index contributed by atoms with van der Waals surface area (Å²) < 4.78 is 5.94. The standard InChI is InChI=1S/C21H21BOSi/c1-23-24(2,3)21-15-9-8-14-20(21)22-18-12-6-4-10-16(18)17-11-5-7-13-19(17)22/h4-15H,1-3H3. The van der Waals surface area contributed by atoms with Gasteiger partial charge in [0, 0.05) is 7.11 Å². The van der Waals surface area contributed by atoms with Gasteiger partial charge in [0.15, 0.2) is 0 Å². The van der Waals surface area contributed by atoms with Gasteiger partial charge in [-0.2, -0.15) is 0 Å². The fourth-order valence-electron chi connectivity index (χ4n) is 3.90. The van der Waals surface area contributed by atoms with Crippen molar-refractivity contribution in [2.24, 2.45) is 0 Å². The number of benzene rings is 3. The second-order valence-corrected chi connectivity index (χ2v) is 10.9. The Morgan fingerprint density at radius 1 is 0.667 bits per heavy atom. The topological polar surface area (TPSA) is 9.23 Å². The van der Waals surface area contributed by atoms with Crippen molar-refractivity contribution in [1.82, 2.24) is 0 Å². The van der Waals surface area contributed by atoms with E-state index < -0.39 is 8.32 Å². The minimum absolute atomic E-state index is 0.301. The molecule has 3 aromatic rings. The van der Waals surface area contributed by atoms with Gasteiger partial charge in [-0.1, -0.05) is 89.2 Å². The van der Waals surface area contributed by atoms with Gasteiger partial charge < -0.3 is 4.43 Å². The van der Waals surface area contributed by atoms with Crippen molar-refractivity contribution < 1.29 is 4.43 Å². The molecule has 0 aliphatic carbocycles. The van der Waals surface area contributed by atoms with Gasteiger partial charge in [-0.05, 0) is 29.4 Å². The van der Waals surface area contributed by atoms with Crippen LogP contribution >= 0.6 is 0 Å². The van der Waals surface area contributed by atoms with Crippen LogP contribution in [0.15, 0.2) is 72.8 Å². The fourth-order valence-corrected chi connectivity index (χ4v) is 5.54. The molecule has 24 heavy (non-hydrogen) atoms. The third kappa shape index (κ3) is 2.28. The molecule has 0 radical (unpaired) electrons. The molecule has 1 nitrogen and oxygen atoms in total. The summed E-state index contributed by atoms with van der Waals surface area (Å²) in [6.45, 7) is 4.85. The average molecular weight is 328 g/mol. The number of hydrogen-bond acceptors (Lipinski definition) is 1. The molecule has 0 unspecified atom stereocenters. The van der Waals surface area contributed by atoms with Gasteiger partial charge in [0.25, 0.3) is 0 Å². The Bertz CT molecular complexity index is 858. The van der Waals surface area contributed by atoms with E-state index in [9.17, 15) is 0 Å². The molecule has 1 heterocycles. The molecule has 4 rings (SSSR count). The van der Waals surface area contributed by atoms with Crippen LogP contribution in [0.1, 0.15) is 0 Å². The molecule has 0 atom stereocenters. The van der Waals surface area contributed by atoms with Crippen molar-refractivity contribution in [2.75, 3.05) is 7.11 Å². The fraction of sp³-hybridized carbons (Fsp3) is 0.143. The van der Waals surface area contributed by atoms with Crippen molar-refractivity contribution in [3.63, 3.8) is 0 Å². The monoisotopic (exact) mass is 328 g/mol. The third-order valence-electron chi connectivity index (χ3n) is 5.26. The minimum Gasteiger partial charge on any atom is -0.416 e. The maximum absolute atomic E-state index is 5.94. The second kappa shape index (κ2) is 5.76. The number of rotatable bonds is 3. The quantitative estimate of drug-likeness (QED) is 0.524. The first-order chi connectivity index (χ1) is 11.6. The van der Waals surface area contributed by atoms with E-state index in [1.54, 1.807) is 0 Å². The van der Waals surface area contributed by atoms with Gasteiger partial charge in [-0.15, -0.1) is 0 Å². The molecule has 0 saturated carbocycles. The molecule has 0 aromatic heterocycles. The number of hydrogen-bond donors (Lipinski definition) is 0. The van der Waals surface area contributed by atoms with E-state index in [2.05, 4.69) is 85.9 Å². The first-order valence-corrected chi connectivity index (χ1v) is 11.4. The summed E-state index contributed by atoms with van der Waals surface area (Å²) in [6.07, 6.45) is 0. The summed E-state index contributed by atoms with van der Waals surface area (Å²) in [4.78, 5) is 0. The SMILES string of the molecule is CO[Si](C)(C)c1ccccc1B1c2ccccc2-c2ccccc21. The van der Waals surface area contributed by atoms with E-state index in [1.165, 1.54) is 32.7 Å². The molecule has 118 valence electrons. The molecule has 0 spiro atoms. The van der Waals surface area contributed by atoms with Crippen LogP contribution in [0.4, 0.5) is 0 Å². The van der Waals surface area contributed by atoms with E-state index in [0.29, 0.717) is 6.71 Å². The molecular formula is C21H21BOSi. The van der Waals surface area contributed by atoms with E-state index in [-0.39, 0.29) is 0 Å². The molecule has 0 fully saturated rings. The van der Waals surface area contributed by atoms with E-state index >= 15 is 0 Å². The summed E-state index contributed by atoms with van der Waals surface area (Å²) in [7, 11) is -0.0612. The van der Waals surface area contributed by atoms with Crippen LogP contribution in [0, 0.1) is 0 Å². The Kier molecular flexibility index (Phi) is 3.71. The van der Waals surface area contributed by atoms with Crippen molar-refractivity contribution in [1.29, 1.82) is 0 Å². The summed E-state index contributed by atoms with van der Waals surface area (Å²) >= 11 is 0. The maximum Gasteiger partial charge on any atom is 0.242 e. The summed E-state index contributed by atoms with van der Waals surface area (Å²) in [5.41, 5.74) is 6.95. The maximum atomic E-state index is 5.94. The van der Waals surface area contributed by atoms with Crippen molar-refractivity contribution in [2.45, 2.75) is 13.1 Å². The Morgan fingerprint density at radius 3 is 1.67 bits per heavy atom. The highest BCUT2D eigenvalue weighted by atomic mass is 28.4. The summed E-state index contributed by atoms with van der Waals surface area (Å²) in [5, 5.41) is 1.39. The first kappa shape index (κ1) is 15.4. The van der Waals surface area contributed by atoms with Crippen molar-refractivity contribution in [3.05, 3.63) is 72.8 Å². The minimum atomic E-state index is -1.91. The molecule has 0 saturated heterocycles. The highest BCUT2D eigenvalue weighted by Crippen LogP contribution is 2.22. The molecule has 0 amide bonds. The highest BCUT2D eigenvalue weighted by Gasteiger charge is 2.37. The number of fused-ring (bicyclic) bond motifs is 3. The van der Waals surface area contributed by atoms with Gasteiger partial charge >= 0.3 is 0 Å². The van der Waals surface area contributed by atoms with E-state index in [0.717, 1.165) is 0 Å². The lowest BCUT2D eigenvalue weighted by atomic mass is 9.39. The lowest BCUT2D eigenvalue weighted by Crippen LogP contribution is -2.61. The third-order valence-corrected chi connectivity index (χ3v) is 8.04. The zero-order valence-electron chi connectivity index (χ0n) is 14.4. The van der Waals surface area contributed by atoms with Gasteiger partial charge in [-0.3, -0.25) is 0 Å². The van der Waals surface area contributed by atoms with Gasteiger partial charge in [-0.25, -0.2) is 0 Å². The van der Waals surface area contributed by atoms with E-state index in [4.69, 9.17) is 4.43 Å². The molecule has 1 aliphatic rings. The summed E-state index contributed by atoms with van der Waals surface area (Å²) in [6, 6.07) is 26.5. The van der Waals surface area contributed by atoms with Crippen LogP contribution in [0.3, 0.4) is 0 Å². The van der Waals surface area contributed by atoms with Crippen LogP contribution in [0.5, 0.6) is 0 Å². The highest BCUT2D eigenvalue weighted by molar-refractivity contribution is 7.03. The Morgan fingerprint density at radius 2 is 1.12 bits per heavy atom. The van der Waals surface area contributed by atoms with Gasteiger partial charge in [0.05, 0.1) is 0 Å². The Labute approximate surface area is 145 Å². The molecule has 1 aliphatic heterocycles. The smallest absolute Gasteiger partial charge is 0.242 e. The van der Waals surface area contributed by atoms with Crippen molar-refractivity contribution in [3.8, 4) is 11.1 Å². The van der Waals surface area contributed by atoms with Crippen LogP contribution in [-0.2, 0) is 4.43 Å². The second-order valence-electron chi connectivity index (χ2n) is 6.91. The lowest BCUT2D eigenvalue weighted by Gasteiger charge is -2.26. The molecule has 0 bridgehead atoms. The zero-order valence-corrected chi connectivity index (χ0v) is 15.4. The van der Waals surface area contributed by atoms with E-state index in [1.807, 2.05) is 7.11 Å². The average Bonchev–Trinajstić information content (AvgIpc) is 2.96. The summed E-state index contributed by atoms with van der Waals surface area (Å²) in [5.74, 6) is 0. The van der Waals surface area contributed by atoms with Crippen LogP contribution in [-0.4, -0.2) is 22.1 Å². The molecule has 3 heteroatoms. The van der Waals surface area contributed by atoms with Crippen LogP contribution in [0.25, 0.3) is 11.1 Å². The largest absolute Gasteiger partial charge is 0.416 e. The van der Waals surface area contributed by atoms with Gasteiger partial charge in [0.1, 0.15) is 0 Å². The first-order valence-electron chi connectivity index (χ1n) is 8.46. The normalized spacial score (nSPS) is 12.9. The predicted octanol–water partition coefficient (Wildman–Crippen LogP) is 2.24. The zero-order chi connectivity index (χ0) is 16.7. The Hall–Kier alpha value is -2.10. The lowest BCUT2D eigenvalue weighted by molar-refractivity contribution is 0.416. The van der Waals surface area contributed by atoms with Crippen LogP contribution < -0.4 is 21.6 Å². The molecular weight excluding hydrogens is 307 g/mol.